The second-order valence-electron chi connectivity index (χ2n) is 8.05. The van der Waals surface area contributed by atoms with Crippen molar-refractivity contribution in [3.8, 4) is 5.75 Å². The Morgan fingerprint density at radius 2 is 2.03 bits per heavy atom. The van der Waals surface area contributed by atoms with Crippen LogP contribution in [0.15, 0.2) is 29.2 Å². The van der Waals surface area contributed by atoms with Gasteiger partial charge in [0.25, 0.3) is 0 Å². The molecule has 12 heteroatoms. The monoisotopic (exact) mass is 494 g/mol. The van der Waals surface area contributed by atoms with E-state index in [4.69, 9.17) is 16.3 Å². The molecule has 1 aliphatic rings. The van der Waals surface area contributed by atoms with E-state index in [9.17, 15) is 12.8 Å². The summed E-state index contributed by atoms with van der Waals surface area (Å²) in [6.45, 7) is 6.26. The first-order valence-corrected chi connectivity index (χ1v) is 12.2. The van der Waals surface area contributed by atoms with Crippen LogP contribution in [0.3, 0.4) is 0 Å². The summed E-state index contributed by atoms with van der Waals surface area (Å²) in [7, 11) is -2.35. The Kier molecular flexibility index (Phi) is 6.30. The molecule has 1 aliphatic heterocycles. The van der Waals surface area contributed by atoms with Crippen LogP contribution < -0.4 is 14.4 Å². The summed E-state index contributed by atoms with van der Waals surface area (Å²) >= 11 is 6.32. The highest BCUT2D eigenvalue weighted by atomic mass is 35.5. The molecule has 0 saturated carbocycles. The Morgan fingerprint density at radius 1 is 1.27 bits per heavy atom. The van der Waals surface area contributed by atoms with Crippen molar-refractivity contribution >= 4 is 27.3 Å². The fraction of sp³-hybridized carbons (Fsp3) is 0.381. The number of hydrogen-bond acceptors (Lipinski definition) is 7. The summed E-state index contributed by atoms with van der Waals surface area (Å²) in [4.78, 5) is 1.76. The van der Waals surface area contributed by atoms with Crippen LogP contribution in [-0.2, 0) is 10.0 Å². The highest BCUT2D eigenvalue weighted by Crippen LogP contribution is 2.43. The first kappa shape index (κ1) is 23.4. The van der Waals surface area contributed by atoms with Crippen molar-refractivity contribution < 1.29 is 17.5 Å². The number of nitrogens with zero attached hydrogens (tertiary/aromatic N) is 4. The maximum atomic E-state index is 14.9. The highest BCUT2D eigenvalue weighted by molar-refractivity contribution is 7.89. The van der Waals surface area contributed by atoms with Gasteiger partial charge in [0, 0.05) is 13.0 Å². The molecule has 0 saturated heterocycles. The number of nitrogens with one attached hydrogen (secondary N) is 2. The third-order valence-corrected chi connectivity index (χ3v) is 7.77. The molecule has 2 heterocycles. The maximum absolute atomic E-state index is 14.9. The molecule has 176 valence electrons. The Labute approximate surface area is 196 Å². The normalized spacial score (nSPS) is 15.6. The van der Waals surface area contributed by atoms with Gasteiger partial charge in [0.2, 0.25) is 10.0 Å². The molecule has 9 nitrogen and oxygen atoms in total. The zero-order valence-electron chi connectivity index (χ0n) is 18.6. The topological polar surface area (TPSA) is 113 Å². The average Bonchev–Trinajstić information content (AvgIpc) is 3.29. The Balaban J connectivity index is 1.79. The van der Waals surface area contributed by atoms with Gasteiger partial charge in [-0.1, -0.05) is 29.8 Å². The third-order valence-electron chi connectivity index (χ3n) is 6.00. The second-order valence-corrected chi connectivity index (χ2v) is 10.1. The highest BCUT2D eigenvalue weighted by Gasteiger charge is 2.35. The summed E-state index contributed by atoms with van der Waals surface area (Å²) in [5, 5.41) is 14.2. The number of tetrazole rings is 1. The van der Waals surface area contributed by atoms with Crippen molar-refractivity contribution in [1.29, 1.82) is 0 Å². The summed E-state index contributed by atoms with van der Waals surface area (Å²) in [5.41, 5.74) is 2.48. The lowest BCUT2D eigenvalue weighted by molar-refractivity contribution is 0.302. The first-order valence-electron chi connectivity index (χ1n) is 10.3. The Bertz CT molecular complexity index is 1290. The zero-order valence-corrected chi connectivity index (χ0v) is 20.1. The molecular formula is C21H24ClFN6O3S. The van der Waals surface area contributed by atoms with E-state index in [0.29, 0.717) is 29.4 Å². The van der Waals surface area contributed by atoms with Crippen LogP contribution in [0.5, 0.6) is 5.75 Å². The lowest BCUT2D eigenvalue weighted by atomic mass is 9.88. The van der Waals surface area contributed by atoms with Crippen LogP contribution in [0.1, 0.15) is 41.4 Å². The number of ether oxygens (including phenoxy) is 1. The largest absolute Gasteiger partial charge is 0.488 e. The fourth-order valence-corrected chi connectivity index (χ4v) is 5.78. The summed E-state index contributed by atoms with van der Waals surface area (Å²) in [6, 6.07) is 4.95. The van der Waals surface area contributed by atoms with Gasteiger partial charge in [-0.05, 0) is 48.7 Å². The molecule has 1 aromatic heterocycles. The number of aromatic amines is 1. The van der Waals surface area contributed by atoms with E-state index in [0.717, 1.165) is 11.1 Å². The molecule has 33 heavy (non-hydrogen) atoms. The lowest BCUT2D eigenvalue weighted by Gasteiger charge is -2.30. The van der Waals surface area contributed by atoms with E-state index >= 15 is 0 Å². The van der Waals surface area contributed by atoms with Crippen LogP contribution in [0.2, 0.25) is 5.02 Å². The lowest BCUT2D eigenvalue weighted by Crippen LogP contribution is -2.35. The molecular weight excluding hydrogens is 471 g/mol. The Hall–Kier alpha value is -2.76. The summed E-state index contributed by atoms with van der Waals surface area (Å²) < 4.78 is 50.4. The molecule has 2 aromatic carbocycles. The number of H-pyrrole nitrogens is 1. The van der Waals surface area contributed by atoms with Gasteiger partial charge >= 0.3 is 0 Å². The van der Waals surface area contributed by atoms with E-state index < -0.39 is 27.8 Å². The van der Waals surface area contributed by atoms with Gasteiger partial charge in [0.1, 0.15) is 17.3 Å². The number of hydrogen-bond donors (Lipinski definition) is 2. The SMILES string of the molecule is Cc1ccc(F)c(C(C)C(NS(=O)(=O)c2ccc(Cl)c3c2OCCN3C)c2nn[nH]n2)c1C. The van der Waals surface area contributed by atoms with Crippen molar-refractivity contribution in [2.45, 2.75) is 37.6 Å². The van der Waals surface area contributed by atoms with Crippen LogP contribution in [0, 0.1) is 19.7 Å². The van der Waals surface area contributed by atoms with Crippen molar-refractivity contribution in [3.05, 3.63) is 57.6 Å². The number of likely N-dealkylation sites (N-methyl/N-ethyl adjacent to an activating group) is 1. The molecule has 0 radical (unpaired) electrons. The van der Waals surface area contributed by atoms with Crippen LogP contribution in [0.4, 0.5) is 10.1 Å². The molecule has 0 aliphatic carbocycles. The number of anilines is 1. The van der Waals surface area contributed by atoms with E-state index in [1.54, 1.807) is 19.9 Å². The molecule has 0 bridgehead atoms. The number of halogens is 2. The van der Waals surface area contributed by atoms with Gasteiger partial charge in [-0.2, -0.15) is 9.94 Å². The third kappa shape index (κ3) is 4.28. The van der Waals surface area contributed by atoms with Gasteiger partial charge in [0.15, 0.2) is 11.6 Å². The van der Waals surface area contributed by atoms with Gasteiger partial charge in [0.05, 0.1) is 23.3 Å². The molecule has 3 aromatic rings. The average molecular weight is 495 g/mol. The minimum absolute atomic E-state index is 0.0735. The van der Waals surface area contributed by atoms with Gasteiger partial charge in [-0.3, -0.25) is 0 Å². The van der Waals surface area contributed by atoms with E-state index in [-0.39, 0.29) is 16.5 Å². The number of benzene rings is 2. The van der Waals surface area contributed by atoms with Crippen molar-refractivity contribution in [2.24, 2.45) is 0 Å². The fourth-order valence-electron chi connectivity index (χ4n) is 4.07. The molecule has 2 N–H and O–H groups in total. The first-order chi connectivity index (χ1) is 15.6. The van der Waals surface area contributed by atoms with Crippen molar-refractivity contribution in [2.75, 3.05) is 25.1 Å². The number of aryl methyl sites for hydroxylation is 1. The summed E-state index contributed by atoms with van der Waals surface area (Å²) in [6.07, 6.45) is 0. The van der Waals surface area contributed by atoms with Gasteiger partial charge < -0.3 is 9.64 Å². The van der Waals surface area contributed by atoms with Crippen LogP contribution in [0.25, 0.3) is 0 Å². The molecule has 4 rings (SSSR count). The predicted molar refractivity (Wildman–Crippen MR) is 122 cm³/mol. The van der Waals surface area contributed by atoms with Crippen LogP contribution >= 0.6 is 11.6 Å². The van der Waals surface area contributed by atoms with Crippen molar-refractivity contribution in [3.63, 3.8) is 0 Å². The molecule has 0 fully saturated rings. The van der Waals surface area contributed by atoms with Crippen molar-refractivity contribution in [1.82, 2.24) is 25.3 Å². The minimum Gasteiger partial charge on any atom is -0.488 e. The minimum atomic E-state index is -4.16. The predicted octanol–water partition coefficient (Wildman–Crippen LogP) is 3.26. The van der Waals surface area contributed by atoms with Gasteiger partial charge in [-0.15, -0.1) is 10.2 Å². The molecule has 2 unspecified atom stereocenters. The summed E-state index contributed by atoms with van der Waals surface area (Å²) in [5.74, 6) is -0.829. The quantitative estimate of drug-likeness (QED) is 0.540. The zero-order chi connectivity index (χ0) is 23.9. The van der Waals surface area contributed by atoms with E-state index in [1.165, 1.54) is 18.2 Å². The Morgan fingerprint density at radius 3 is 2.73 bits per heavy atom. The smallest absolute Gasteiger partial charge is 0.245 e. The second kappa shape index (κ2) is 8.88. The van der Waals surface area contributed by atoms with Gasteiger partial charge in [-0.25, -0.2) is 12.8 Å². The molecule has 2 atom stereocenters. The van der Waals surface area contributed by atoms with Crippen LogP contribution in [-0.4, -0.2) is 49.2 Å². The van der Waals surface area contributed by atoms with E-state index in [1.807, 2.05) is 18.9 Å². The number of rotatable bonds is 6. The number of aromatic nitrogens is 4. The number of fused-ring (bicyclic) bond motifs is 1. The molecule has 0 spiro atoms. The molecule has 0 amide bonds. The number of sulfonamides is 1. The maximum Gasteiger partial charge on any atom is 0.245 e. The standard InChI is InChI=1S/C21H24ClFN6O3S/c1-11-5-7-15(23)17(12(11)2)13(3)18(21-24-27-28-25-21)26-33(30,31)16-8-6-14(22)19-20(16)32-10-9-29(19)4/h5-8,13,18,26H,9-10H2,1-4H3,(H,24,25,27,28). The van der Waals surface area contributed by atoms with E-state index in [2.05, 4.69) is 25.3 Å².